The number of carbonyl (C=O) groups is 1. The van der Waals surface area contributed by atoms with Gasteiger partial charge in [0.2, 0.25) is 0 Å². The predicted molar refractivity (Wildman–Crippen MR) is 95.5 cm³/mol. The van der Waals surface area contributed by atoms with Crippen LogP contribution in [0.5, 0.6) is 0 Å². The molecule has 0 saturated carbocycles. The van der Waals surface area contributed by atoms with Crippen LogP contribution in [0.3, 0.4) is 0 Å². The molecule has 5 nitrogen and oxygen atoms in total. The smallest absolute Gasteiger partial charge is 0.462 e. The van der Waals surface area contributed by atoms with Crippen molar-refractivity contribution in [2.75, 3.05) is 13.2 Å². The Balaban J connectivity index is 2.18. The third kappa shape index (κ3) is 3.88. The largest absolute Gasteiger partial charge is 0.491 e. The minimum absolute atomic E-state index is 0.321. The van der Waals surface area contributed by atoms with E-state index < -0.39 is 18.3 Å². The fraction of sp³-hybridized carbons (Fsp3) is 0.500. The number of hydrogen-bond acceptors (Lipinski definition) is 5. The van der Waals surface area contributed by atoms with Gasteiger partial charge in [-0.1, -0.05) is 18.2 Å². The maximum atomic E-state index is 11.7. The van der Waals surface area contributed by atoms with Crippen LogP contribution < -0.4 is 5.73 Å². The molecule has 1 heterocycles. The van der Waals surface area contributed by atoms with E-state index in [4.69, 9.17) is 19.8 Å². The first kappa shape index (κ1) is 18.7. The van der Waals surface area contributed by atoms with Gasteiger partial charge in [0.15, 0.2) is 0 Å². The molecule has 0 bridgehead atoms. The molecule has 1 aliphatic heterocycles. The number of nitrogens with two attached hydrogens (primary N) is 1. The summed E-state index contributed by atoms with van der Waals surface area (Å²) in [7, 11) is -0.468. The molecule has 2 rings (SSSR count). The lowest BCUT2D eigenvalue weighted by Gasteiger charge is -2.32. The molecule has 0 amide bonds. The van der Waals surface area contributed by atoms with Crippen LogP contribution in [-0.4, -0.2) is 37.4 Å². The van der Waals surface area contributed by atoms with Crippen molar-refractivity contribution in [1.29, 1.82) is 0 Å². The van der Waals surface area contributed by atoms with Crippen molar-refractivity contribution in [3.05, 3.63) is 40.9 Å². The summed E-state index contributed by atoms with van der Waals surface area (Å²) in [5, 5.41) is 0. The van der Waals surface area contributed by atoms with Crippen molar-refractivity contribution >= 4 is 19.2 Å². The molecule has 0 aliphatic carbocycles. The lowest BCUT2D eigenvalue weighted by Crippen LogP contribution is -2.41. The van der Waals surface area contributed by atoms with Crippen LogP contribution in [0.25, 0.3) is 6.08 Å². The molecular weight excluding hydrogens is 305 g/mol. The first-order chi connectivity index (χ1) is 11.2. The van der Waals surface area contributed by atoms with Gasteiger partial charge in [-0.25, -0.2) is 4.79 Å². The van der Waals surface area contributed by atoms with Gasteiger partial charge in [0, 0.05) is 6.54 Å². The molecule has 1 aromatic rings. The molecule has 0 atom stereocenters. The van der Waals surface area contributed by atoms with E-state index in [0.717, 1.165) is 11.0 Å². The molecule has 1 aromatic carbocycles. The van der Waals surface area contributed by atoms with E-state index in [9.17, 15) is 4.79 Å². The van der Waals surface area contributed by atoms with Gasteiger partial charge in [-0.3, -0.25) is 0 Å². The maximum absolute atomic E-state index is 11.7. The fourth-order valence-electron chi connectivity index (χ4n) is 2.36. The van der Waals surface area contributed by atoms with Gasteiger partial charge >= 0.3 is 13.1 Å². The average Bonchev–Trinajstić information content (AvgIpc) is 2.73. The van der Waals surface area contributed by atoms with Crippen LogP contribution >= 0.6 is 0 Å². The van der Waals surface area contributed by atoms with Gasteiger partial charge in [0.1, 0.15) is 0 Å². The number of esters is 1. The minimum atomic E-state index is -0.468. The Kier molecular flexibility index (Phi) is 5.53. The highest BCUT2D eigenvalue weighted by atomic mass is 16.7. The predicted octanol–water partition coefficient (Wildman–Crippen LogP) is 2.84. The topological polar surface area (TPSA) is 70.8 Å². The van der Waals surface area contributed by atoms with E-state index >= 15 is 0 Å². The normalized spacial score (nSPS) is 19.4. The lowest BCUT2D eigenvalue weighted by molar-refractivity contribution is 0.00578. The molecule has 2 N–H and O–H groups in total. The molecule has 0 aromatic heterocycles. The standard InChI is InChI=1S/C18H26BNO4/c1-6-22-16(21)14-9-7-13(8-10-14)11-15(12-20)19-23-17(2,3)18(4,5)24-19/h7-11H,6,12,20H2,1-5H3. The molecule has 24 heavy (non-hydrogen) atoms. The second-order valence-electron chi connectivity index (χ2n) is 6.85. The van der Waals surface area contributed by atoms with Crippen molar-refractivity contribution in [3.8, 4) is 0 Å². The van der Waals surface area contributed by atoms with Gasteiger partial charge in [0.25, 0.3) is 0 Å². The second-order valence-corrected chi connectivity index (χ2v) is 6.85. The molecule has 1 fully saturated rings. The molecular formula is C18H26BNO4. The van der Waals surface area contributed by atoms with Crippen molar-refractivity contribution in [2.24, 2.45) is 5.73 Å². The van der Waals surface area contributed by atoms with Crippen LogP contribution in [0.15, 0.2) is 29.7 Å². The highest BCUT2D eigenvalue weighted by Crippen LogP contribution is 2.38. The van der Waals surface area contributed by atoms with Crippen molar-refractivity contribution in [3.63, 3.8) is 0 Å². The van der Waals surface area contributed by atoms with Crippen LogP contribution in [0.4, 0.5) is 0 Å². The Morgan fingerprint density at radius 1 is 1.17 bits per heavy atom. The highest BCUT2D eigenvalue weighted by molar-refractivity contribution is 6.55. The maximum Gasteiger partial charge on any atom is 0.491 e. The Labute approximate surface area is 144 Å². The zero-order valence-electron chi connectivity index (χ0n) is 15.1. The molecule has 0 spiro atoms. The lowest BCUT2D eigenvalue weighted by atomic mass is 9.77. The minimum Gasteiger partial charge on any atom is -0.462 e. The number of benzene rings is 1. The quantitative estimate of drug-likeness (QED) is 0.664. The van der Waals surface area contributed by atoms with E-state index in [1.807, 2.05) is 45.9 Å². The summed E-state index contributed by atoms with van der Waals surface area (Å²) in [6.45, 7) is 10.5. The van der Waals surface area contributed by atoms with E-state index in [-0.39, 0.29) is 5.97 Å². The molecule has 1 saturated heterocycles. The number of carbonyl (C=O) groups excluding carboxylic acids is 1. The van der Waals surface area contributed by atoms with E-state index in [2.05, 4.69) is 0 Å². The summed E-state index contributed by atoms with van der Waals surface area (Å²) in [5.74, 6) is -0.321. The fourth-order valence-corrected chi connectivity index (χ4v) is 2.36. The van der Waals surface area contributed by atoms with E-state index in [1.54, 1.807) is 19.1 Å². The Hall–Kier alpha value is -1.63. The molecule has 1 aliphatic rings. The first-order valence-corrected chi connectivity index (χ1v) is 8.23. The second kappa shape index (κ2) is 7.09. The van der Waals surface area contributed by atoms with E-state index in [0.29, 0.717) is 18.7 Å². The summed E-state index contributed by atoms with van der Waals surface area (Å²) in [5.41, 5.74) is 7.40. The molecule has 0 unspecified atom stereocenters. The monoisotopic (exact) mass is 331 g/mol. The van der Waals surface area contributed by atoms with Crippen LogP contribution in [-0.2, 0) is 14.0 Å². The van der Waals surface area contributed by atoms with E-state index in [1.165, 1.54) is 0 Å². The molecule has 130 valence electrons. The summed E-state index contributed by atoms with van der Waals surface area (Å²) in [6.07, 6.45) is 1.94. The van der Waals surface area contributed by atoms with Gasteiger partial charge in [-0.15, -0.1) is 0 Å². The van der Waals surface area contributed by atoms with Crippen LogP contribution in [0, 0.1) is 0 Å². The summed E-state index contributed by atoms with van der Waals surface area (Å²) < 4.78 is 17.1. The SMILES string of the molecule is CCOC(=O)c1ccc(C=C(CN)B2OC(C)(C)C(C)(C)O2)cc1. The van der Waals surface area contributed by atoms with Crippen molar-refractivity contribution in [2.45, 2.75) is 45.8 Å². The van der Waals surface area contributed by atoms with Crippen molar-refractivity contribution < 1.29 is 18.8 Å². The summed E-state index contributed by atoms with van der Waals surface area (Å²) >= 11 is 0. The van der Waals surface area contributed by atoms with Gasteiger partial charge < -0.3 is 19.8 Å². The van der Waals surface area contributed by atoms with Crippen molar-refractivity contribution in [1.82, 2.24) is 0 Å². The highest BCUT2D eigenvalue weighted by Gasteiger charge is 2.52. The Morgan fingerprint density at radius 3 is 2.17 bits per heavy atom. The first-order valence-electron chi connectivity index (χ1n) is 8.23. The zero-order chi connectivity index (χ0) is 18.0. The summed E-state index contributed by atoms with van der Waals surface area (Å²) in [6, 6.07) is 7.19. The van der Waals surface area contributed by atoms with Crippen LogP contribution in [0.2, 0.25) is 0 Å². The summed E-state index contributed by atoms with van der Waals surface area (Å²) in [4.78, 5) is 11.7. The number of rotatable bonds is 5. The molecule has 0 radical (unpaired) electrons. The zero-order valence-corrected chi connectivity index (χ0v) is 15.1. The van der Waals surface area contributed by atoms with Gasteiger partial charge in [-0.05, 0) is 57.8 Å². The van der Waals surface area contributed by atoms with Crippen LogP contribution in [0.1, 0.15) is 50.5 Å². The average molecular weight is 331 g/mol. The third-order valence-electron chi connectivity index (χ3n) is 4.57. The number of ether oxygens (including phenoxy) is 1. The Bertz CT molecular complexity index is 606. The molecule has 6 heteroatoms. The number of hydrogen-bond donors (Lipinski definition) is 1. The third-order valence-corrected chi connectivity index (χ3v) is 4.57. The van der Waals surface area contributed by atoms with Gasteiger partial charge in [0.05, 0.1) is 23.4 Å². The van der Waals surface area contributed by atoms with Gasteiger partial charge in [-0.2, -0.15) is 0 Å². The Morgan fingerprint density at radius 2 is 1.71 bits per heavy atom.